The summed E-state index contributed by atoms with van der Waals surface area (Å²) in [5, 5.41) is 3.59. The Labute approximate surface area is 189 Å². The lowest BCUT2D eigenvalue weighted by molar-refractivity contribution is 0.116. The summed E-state index contributed by atoms with van der Waals surface area (Å²) in [6, 6.07) is 8.12. The molecule has 1 fully saturated rings. The van der Waals surface area contributed by atoms with Crippen LogP contribution in [0.2, 0.25) is 5.02 Å². The van der Waals surface area contributed by atoms with Crippen LogP contribution in [0.5, 0.6) is 11.5 Å². The summed E-state index contributed by atoms with van der Waals surface area (Å²) in [6.45, 7) is 2.33. The van der Waals surface area contributed by atoms with Crippen LogP contribution in [0.1, 0.15) is 13.3 Å². The molecule has 2 heterocycles. The van der Waals surface area contributed by atoms with Crippen molar-refractivity contribution >= 4 is 40.1 Å². The van der Waals surface area contributed by atoms with Gasteiger partial charge in [0.05, 0.1) is 37.0 Å². The second-order valence-electron chi connectivity index (χ2n) is 7.42. The molecule has 0 saturated carbocycles. The number of aromatic nitrogens is 2. The smallest absolute Gasteiger partial charge is 0.409 e. The summed E-state index contributed by atoms with van der Waals surface area (Å²) in [5.41, 5.74) is 0.777. The van der Waals surface area contributed by atoms with Gasteiger partial charge in [0.25, 0.3) is 0 Å². The summed E-state index contributed by atoms with van der Waals surface area (Å²) < 4.78 is 30.9. The Morgan fingerprint density at radius 3 is 2.81 bits per heavy atom. The molecule has 0 unspecified atom stereocenters. The zero-order chi connectivity index (χ0) is 22.8. The minimum atomic E-state index is -0.575. The van der Waals surface area contributed by atoms with E-state index in [9.17, 15) is 9.18 Å². The molecule has 8 nitrogen and oxygen atoms in total. The Bertz CT molecular complexity index is 1160. The zero-order valence-corrected chi connectivity index (χ0v) is 18.5. The lowest BCUT2D eigenvalue weighted by Crippen LogP contribution is -2.34. The highest BCUT2D eigenvalue weighted by molar-refractivity contribution is 6.31. The molecule has 168 valence electrons. The molecule has 0 spiro atoms. The van der Waals surface area contributed by atoms with E-state index in [4.69, 9.17) is 25.8 Å². The minimum absolute atomic E-state index is 0.00423. The van der Waals surface area contributed by atoms with Crippen molar-refractivity contribution < 1.29 is 23.4 Å². The molecule has 2 atom stereocenters. The van der Waals surface area contributed by atoms with Crippen molar-refractivity contribution in [1.82, 2.24) is 14.9 Å². The molecule has 4 rings (SSSR count). The monoisotopic (exact) mass is 460 g/mol. The fourth-order valence-corrected chi connectivity index (χ4v) is 3.94. The predicted molar refractivity (Wildman–Crippen MR) is 118 cm³/mol. The second-order valence-corrected chi connectivity index (χ2v) is 7.82. The van der Waals surface area contributed by atoms with Gasteiger partial charge in [-0.3, -0.25) is 0 Å². The number of amides is 1. The van der Waals surface area contributed by atoms with Gasteiger partial charge in [-0.05, 0) is 25.1 Å². The van der Waals surface area contributed by atoms with Crippen LogP contribution in [0.25, 0.3) is 10.9 Å². The molecule has 1 aliphatic rings. The highest BCUT2D eigenvalue weighted by Crippen LogP contribution is 2.37. The number of halogens is 2. The molecule has 0 radical (unpaired) electrons. The highest BCUT2D eigenvalue weighted by atomic mass is 35.5. The second kappa shape index (κ2) is 9.04. The maximum Gasteiger partial charge on any atom is 0.409 e. The summed E-state index contributed by atoms with van der Waals surface area (Å²) in [5.74, 6) is 0.766. The molecule has 1 aliphatic heterocycles. The standard InChI is InChI=1S/C22H22ClFN4O4/c1-12-7-13(10-28(12)22(29)31-3)32-19-8-14-17(9-18(19)30-2)25-11-26-21(14)27-16-6-4-5-15(23)20(16)24/h4-6,8-9,11-13H,7,10H2,1-3H3,(H,25,26,27)/t12-,13+/m1/s1. The normalized spacial score (nSPS) is 18.0. The van der Waals surface area contributed by atoms with Crippen LogP contribution < -0.4 is 14.8 Å². The lowest BCUT2D eigenvalue weighted by Gasteiger charge is -2.19. The number of rotatable bonds is 5. The molecule has 1 N–H and O–H groups in total. The molecule has 10 heteroatoms. The molecule has 1 saturated heterocycles. The van der Waals surface area contributed by atoms with Crippen LogP contribution in [0.15, 0.2) is 36.7 Å². The van der Waals surface area contributed by atoms with Crippen molar-refractivity contribution in [3.05, 3.63) is 47.5 Å². The average Bonchev–Trinajstić information content (AvgIpc) is 3.16. The lowest BCUT2D eigenvalue weighted by atomic mass is 10.2. The number of hydrogen-bond donors (Lipinski definition) is 1. The van der Waals surface area contributed by atoms with Crippen molar-refractivity contribution in [2.75, 3.05) is 26.1 Å². The number of anilines is 2. The minimum Gasteiger partial charge on any atom is -0.493 e. The third kappa shape index (κ3) is 4.20. The third-order valence-corrected chi connectivity index (χ3v) is 5.66. The van der Waals surface area contributed by atoms with Gasteiger partial charge < -0.3 is 24.4 Å². The van der Waals surface area contributed by atoms with E-state index in [0.717, 1.165) is 0 Å². The van der Waals surface area contributed by atoms with Gasteiger partial charge in [0.1, 0.15) is 18.2 Å². The van der Waals surface area contributed by atoms with Crippen LogP contribution in [0.3, 0.4) is 0 Å². The summed E-state index contributed by atoms with van der Waals surface area (Å²) >= 11 is 5.89. The van der Waals surface area contributed by atoms with E-state index in [1.165, 1.54) is 26.6 Å². The number of methoxy groups -OCH3 is 2. The molecular weight excluding hydrogens is 439 g/mol. The van der Waals surface area contributed by atoms with Gasteiger partial charge in [0.2, 0.25) is 0 Å². The van der Waals surface area contributed by atoms with Crippen molar-refractivity contribution in [1.29, 1.82) is 0 Å². The van der Waals surface area contributed by atoms with Gasteiger partial charge >= 0.3 is 6.09 Å². The van der Waals surface area contributed by atoms with E-state index in [1.807, 2.05) is 6.92 Å². The molecule has 1 amide bonds. The number of hydrogen-bond acceptors (Lipinski definition) is 7. The van der Waals surface area contributed by atoms with E-state index < -0.39 is 11.9 Å². The maximum atomic E-state index is 14.4. The van der Waals surface area contributed by atoms with E-state index >= 15 is 0 Å². The number of ether oxygens (including phenoxy) is 3. The first-order valence-corrected chi connectivity index (χ1v) is 10.3. The molecule has 1 aromatic heterocycles. The Hall–Kier alpha value is -3.33. The quantitative estimate of drug-likeness (QED) is 0.586. The number of nitrogens with one attached hydrogen (secondary N) is 1. The van der Waals surface area contributed by atoms with Crippen molar-refractivity contribution in [2.24, 2.45) is 0 Å². The Morgan fingerprint density at radius 2 is 2.06 bits per heavy atom. The number of fused-ring (bicyclic) bond motifs is 1. The number of benzene rings is 2. The molecule has 0 bridgehead atoms. The Balaban J connectivity index is 1.67. The number of carbonyl (C=O) groups is 1. The van der Waals surface area contributed by atoms with Crippen LogP contribution in [-0.4, -0.2) is 53.9 Å². The van der Waals surface area contributed by atoms with Crippen LogP contribution in [0.4, 0.5) is 20.7 Å². The van der Waals surface area contributed by atoms with Gasteiger partial charge in [0, 0.05) is 23.9 Å². The predicted octanol–water partition coefficient (Wildman–Crippen LogP) is 4.78. The summed E-state index contributed by atoms with van der Waals surface area (Å²) in [4.78, 5) is 22.1. The topological polar surface area (TPSA) is 85.8 Å². The van der Waals surface area contributed by atoms with E-state index in [1.54, 1.807) is 29.2 Å². The van der Waals surface area contributed by atoms with Crippen LogP contribution >= 0.6 is 11.6 Å². The fraction of sp³-hybridized carbons (Fsp3) is 0.318. The SMILES string of the molecule is COC(=O)N1C[C@@H](Oc2cc3c(Nc4cccc(Cl)c4F)ncnc3cc2OC)C[C@H]1C. The first-order valence-electron chi connectivity index (χ1n) is 9.96. The van der Waals surface area contributed by atoms with Crippen LogP contribution in [0, 0.1) is 5.82 Å². The largest absolute Gasteiger partial charge is 0.493 e. The van der Waals surface area contributed by atoms with Crippen molar-refractivity contribution in [3.63, 3.8) is 0 Å². The highest BCUT2D eigenvalue weighted by Gasteiger charge is 2.35. The number of carbonyl (C=O) groups excluding carboxylic acids is 1. The van der Waals surface area contributed by atoms with E-state index in [-0.39, 0.29) is 22.9 Å². The maximum absolute atomic E-state index is 14.4. The van der Waals surface area contributed by atoms with E-state index in [2.05, 4.69) is 15.3 Å². The average molecular weight is 461 g/mol. The molecule has 32 heavy (non-hydrogen) atoms. The summed E-state index contributed by atoms with van der Waals surface area (Å²) in [6.07, 6.45) is 1.37. The first kappa shape index (κ1) is 21.9. The van der Waals surface area contributed by atoms with Crippen LogP contribution in [-0.2, 0) is 4.74 Å². The molecule has 2 aromatic carbocycles. The van der Waals surface area contributed by atoms with Gasteiger partial charge in [-0.25, -0.2) is 19.2 Å². The number of nitrogens with zero attached hydrogens (tertiary/aromatic N) is 3. The van der Waals surface area contributed by atoms with Gasteiger partial charge in [0.15, 0.2) is 17.3 Å². The van der Waals surface area contributed by atoms with Gasteiger partial charge in [-0.1, -0.05) is 17.7 Å². The molecule has 0 aliphatic carbocycles. The van der Waals surface area contributed by atoms with Gasteiger partial charge in [-0.15, -0.1) is 0 Å². The summed E-state index contributed by atoms with van der Waals surface area (Å²) in [7, 11) is 2.89. The Morgan fingerprint density at radius 1 is 1.25 bits per heavy atom. The van der Waals surface area contributed by atoms with Crippen molar-refractivity contribution in [3.8, 4) is 11.5 Å². The van der Waals surface area contributed by atoms with Gasteiger partial charge in [-0.2, -0.15) is 0 Å². The third-order valence-electron chi connectivity index (χ3n) is 5.36. The zero-order valence-electron chi connectivity index (χ0n) is 17.8. The first-order chi connectivity index (χ1) is 15.4. The fourth-order valence-electron chi connectivity index (χ4n) is 3.76. The van der Waals surface area contributed by atoms with Crippen molar-refractivity contribution in [2.45, 2.75) is 25.5 Å². The molecular formula is C22H22ClFN4O4. The number of likely N-dealkylation sites (tertiary alicyclic amines) is 1. The van der Waals surface area contributed by atoms with E-state index in [0.29, 0.717) is 41.2 Å². The molecule has 3 aromatic rings. The Kier molecular flexibility index (Phi) is 6.18.